The zero-order chi connectivity index (χ0) is 21.6. The molecule has 3 heterocycles. The Morgan fingerprint density at radius 3 is 2.53 bits per heavy atom. The minimum atomic E-state index is -1.18. The van der Waals surface area contributed by atoms with Crippen molar-refractivity contribution in [2.24, 2.45) is 0 Å². The first kappa shape index (κ1) is 20.0. The van der Waals surface area contributed by atoms with E-state index < -0.39 is 58.1 Å². The lowest BCUT2D eigenvalue weighted by Gasteiger charge is -2.24. The lowest BCUT2D eigenvalue weighted by atomic mass is 10.1. The second-order valence-electron chi connectivity index (χ2n) is 7.38. The van der Waals surface area contributed by atoms with Crippen LogP contribution in [0.4, 0.5) is 13.2 Å². The normalized spacial score (nSPS) is 18.0. The molecule has 0 spiro atoms. The van der Waals surface area contributed by atoms with E-state index in [9.17, 15) is 32.7 Å². The molecule has 30 heavy (non-hydrogen) atoms. The van der Waals surface area contributed by atoms with E-state index in [0.717, 1.165) is 6.42 Å². The lowest BCUT2D eigenvalue weighted by Crippen LogP contribution is -2.36. The number of nitrogens with zero attached hydrogens (tertiary/aromatic N) is 2. The van der Waals surface area contributed by atoms with Crippen LogP contribution in [0.2, 0.25) is 0 Å². The number of rotatable bonds is 3. The molecule has 1 atom stereocenters. The molecule has 7 nitrogen and oxygen atoms in total. The zero-order valence-corrected chi connectivity index (χ0v) is 15.8. The molecule has 1 fully saturated rings. The molecule has 2 amide bonds. The predicted molar refractivity (Wildman–Crippen MR) is 98.6 cm³/mol. The second-order valence-corrected chi connectivity index (χ2v) is 7.38. The minimum absolute atomic E-state index is 0.158. The van der Waals surface area contributed by atoms with Gasteiger partial charge >= 0.3 is 0 Å². The zero-order valence-electron chi connectivity index (χ0n) is 15.8. The summed E-state index contributed by atoms with van der Waals surface area (Å²) in [5, 5.41) is 12.6. The van der Waals surface area contributed by atoms with Gasteiger partial charge in [0.15, 0.2) is 11.4 Å². The molecule has 2 N–H and O–H groups in total. The Morgan fingerprint density at radius 1 is 1.13 bits per heavy atom. The number of benzene rings is 1. The fourth-order valence-corrected chi connectivity index (χ4v) is 4.00. The first-order chi connectivity index (χ1) is 14.3. The second kappa shape index (κ2) is 7.51. The summed E-state index contributed by atoms with van der Waals surface area (Å²) in [6, 6.07) is 0.781. The molecule has 0 radical (unpaired) electrons. The standard InChI is InChI=1S/C20H18F3N3O4/c21-10-6-14(22)12(15(23)7-10)8-24-19(29)13-9-26-11-2-1-4-25(5-3-11)20(30)16(26)18(28)17(13)27/h6-7,9,11,28H,1-5,8H2,(H,24,29)/t11-/m1/s1. The molecule has 4 rings (SSSR count). The average molecular weight is 421 g/mol. The van der Waals surface area contributed by atoms with Gasteiger partial charge in [-0.25, -0.2) is 13.2 Å². The van der Waals surface area contributed by atoms with Crippen molar-refractivity contribution < 1.29 is 27.9 Å². The fraction of sp³-hybridized carbons (Fsp3) is 0.350. The van der Waals surface area contributed by atoms with Crippen LogP contribution in [0.15, 0.2) is 23.1 Å². The van der Waals surface area contributed by atoms with Crippen molar-refractivity contribution in [2.45, 2.75) is 31.8 Å². The van der Waals surface area contributed by atoms with E-state index in [4.69, 9.17) is 0 Å². The summed E-state index contributed by atoms with van der Waals surface area (Å²) >= 11 is 0. The van der Waals surface area contributed by atoms with Crippen molar-refractivity contribution in [1.29, 1.82) is 0 Å². The molecule has 1 aromatic heterocycles. The number of fused-ring (bicyclic) bond motifs is 5. The smallest absolute Gasteiger partial charge is 0.274 e. The van der Waals surface area contributed by atoms with Crippen molar-refractivity contribution in [3.63, 3.8) is 0 Å². The van der Waals surface area contributed by atoms with Crippen molar-refractivity contribution in [1.82, 2.24) is 14.8 Å². The topological polar surface area (TPSA) is 91.6 Å². The van der Waals surface area contributed by atoms with Gasteiger partial charge in [-0.15, -0.1) is 0 Å². The molecule has 10 heteroatoms. The van der Waals surface area contributed by atoms with Gasteiger partial charge in [-0.2, -0.15) is 0 Å². The molecule has 158 valence electrons. The van der Waals surface area contributed by atoms with Gasteiger partial charge in [-0.1, -0.05) is 0 Å². The highest BCUT2D eigenvalue weighted by atomic mass is 19.1. The van der Waals surface area contributed by atoms with Crippen LogP contribution in [0.3, 0.4) is 0 Å². The van der Waals surface area contributed by atoms with Gasteiger partial charge in [0.05, 0.1) is 0 Å². The molecule has 2 aliphatic rings. The Kier molecular flexibility index (Phi) is 5.00. The summed E-state index contributed by atoms with van der Waals surface area (Å²) in [5.74, 6) is -5.73. The highest BCUT2D eigenvalue weighted by Gasteiger charge is 2.34. The Balaban J connectivity index is 1.68. The number of halogens is 3. The van der Waals surface area contributed by atoms with Gasteiger partial charge in [0.2, 0.25) is 5.43 Å². The Morgan fingerprint density at radius 2 is 1.83 bits per heavy atom. The molecular formula is C20H18F3N3O4. The van der Waals surface area contributed by atoms with Gasteiger partial charge in [0, 0.05) is 49.6 Å². The maximum Gasteiger partial charge on any atom is 0.274 e. The molecule has 1 aromatic carbocycles. The van der Waals surface area contributed by atoms with Gasteiger partial charge in [0.25, 0.3) is 11.8 Å². The fourth-order valence-electron chi connectivity index (χ4n) is 4.00. The van der Waals surface area contributed by atoms with E-state index in [2.05, 4.69) is 5.32 Å². The highest BCUT2D eigenvalue weighted by molar-refractivity contribution is 5.98. The van der Waals surface area contributed by atoms with Crippen LogP contribution in [-0.2, 0) is 6.54 Å². The molecule has 2 aromatic rings. The van der Waals surface area contributed by atoms with E-state index in [1.807, 2.05) is 0 Å². The third-order valence-corrected chi connectivity index (χ3v) is 5.57. The molecule has 0 unspecified atom stereocenters. The summed E-state index contributed by atoms with van der Waals surface area (Å²) in [6.45, 7) is 0.373. The van der Waals surface area contributed by atoms with Crippen LogP contribution >= 0.6 is 0 Å². The monoisotopic (exact) mass is 421 g/mol. The van der Waals surface area contributed by atoms with E-state index in [0.29, 0.717) is 38.1 Å². The number of amides is 2. The van der Waals surface area contributed by atoms with Gasteiger partial charge in [0.1, 0.15) is 23.0 Å². The van der Waals surface area contributed by atoms with Crippen LogP contribution in [-0.4, -0.2) is 39.5 Å². The summed E-state index contributed by atoms with van der Waals surface area (Å²) in [4.78, 5) is 39.4. The third kappa shape index (κ3) is 3.31. The van der Waals surface area contributed by atoms with Crippen molar-refractivity contribution in [3.05, 3.63) is 62.8 Å². The van der Waals surface area contributed by atoms with Crippen LogP contribution < -0.4 is 10.7 Å². The largest absolute Gasteiger partial charge is 0.503 e. The number of hydrogen-bond donors (Lipinski definition) is 2. The third-order valence-electron chi connectivity index (χ3n) is 5.57. The van der Waals surface area contributed by atoms with Crippen LogP contribution in [0.25, 0.3) is 0 Å². The number of pyridine rings is 1. The minimum Gasteiger partial charge on any atom is -0.503 e. The SMILES string of the molecule is O=C(NCc1c(F)cc(F)cc1F)c1cn2c(c(O)c1=O)C(=O)N1CCC[C@@H]2CC1. The Labute approximate surface area is 168 Å². The van der Waals surface area contributed by atoms with E-state index in [-0.39, 0.29) is 11.7 Å². The van der Waals surface area contributed by atoms with Crippen molar-refractivity contribution >= 4 is 11.8 Å². The Hall–Kier alpha value is -3.30. The predicted octanol–water partition coefficient (Wildman–Crippen LogP) is 2.08. The average Bonchev–Trinajstić information content (AvgIpc) is 3.00. The van der Waals surface area contributed by atoms with E-state index in [1.165, 1.54) is 10.8 Å². The maximum absolute atomic E-state index is 13.8. The number of carbonyl (C=O) groups is 2. The van der Waals surface area contributed by atoms with Crippen LogP contribution in [0, 0.1) is 17.5 Å². The number of hydrogen-bond acceptors (Lipinski definition) is 4. The molecule has 2 aliphatic heterocycles. The summed E-state index contributed by atoms with van der Waals surface area (Å²) < 4.78 is 42.0. The first-order valence-corrected chi connectivity index (χ1v) is 9.47. The number of aromatic nitrogens is 1. The quantitative estimate of drug-likeness (QED) is 0.794. The summed E-state index contributed by atoms with van der Waals surface area (Å²) in [5.41, 5.74) is -2.23. The van der Waals surface area contributed by atoms with Crippen LogP contribution in [0.5, 0.6) is 5.75 Å². The van der Waals surface area contributed by atoms with Crippen molar-refractivity contribution in [3.8, 4) is 5.75 Å². The molecule has 1 saturated heterocycles. The molecule has 0 aliphatic carbocycles. The van der Waals surface area contributed by atoms with E-state index in [1.54, 1.807) is 4.90 Å². The van der Waals surface area contributed by atoms with Gasteiger partial charge < -0.3 is 19.9 Å². The summed E-state index contributed by atoms with van der Waals surface area (Å²) in [6.07, 6.45) is 3.26. The molecule has 0 saturated carbocycles. The van der Waals surface area contributed by atoms with Gasteiger partial charge in [-0.3, -0.25) is 14.4 Å². The molecular weight excluding hydrogens is 403 g/mol. The van der Waals surface area contributed by atoms with Crippen molar-refractivity contribution in [2.75, 3.05) is 13.1 Å². The number of nitrogens with one attached hydrogen (secondary N) is 1. The number of carbonyl (C=O) groups excluding carboxylic acids is 2. The van der Waals surface area contributed by atoms with Crippen LogP contribution in [0.1, 0.15) is 51.7 Å². The molecule has 2 bridgehead atoms. The Bertz CT molecular complexity index is 1090. The highest BCUT2D eigenvalue weighted by Crippen LogP contribution is 2.32. The lowest BCUT2D eigenvalue weighted by molar-refractivity contribution is 0.0752. The summed E-state index contributed by atoms with van der Waals surface area (Å²) in [7, 11) is 0. The van der Waals surface area contributed by atoms with E-state index >= 15 is 0 Å². The first-order valence-electron chi connectivity index (χ1n) is 9.47. The number of aromatic hydroxyl groups is 1. The van der Waals surface area contributed by atoms with Gasteiger partial charge in [-0.05, 0) is 19.3 Å². The maximum atomic E-state index is 13.8.